The number of benzene rings is 1. The van der Waals surface area contributed by atoms with E-state index in [0.717, 1.165) is 0 Å². The molecule has 0 aliphatic rings. The Hall–Kier alpha value is -2.66. The highest BCUT2D eigenvalue weighted by Gasteiger charge is 2.19. The summed E-state index contributed by atoms with van der Waals surface area (Å²) >= 11 is 3.13. The molecule has 0 aliphatic carbocycles. The summed E-state index contributed by atoms with van der Waals surface area (Å²) in [6.45, 7) is 0. The Kier molecular flexibility index (Phi) is 4.35. The zero-order valence-electron chi connectivity index (χ0n) is 10.8. The van der Waals surface area contributed by atoms with Crippen molar-refractivity contribution >= 4 is 33.1 Å². The molecule has 1 aromatic carbocycles. The maximum Gasteiger partial charge on any atom is 0.312 e. The summed E-state index contributed by atoms with van der Waals surface area (Å²) in [6, 6.07) is 8.22. The topological polar surface area (TPSA) is 101 Å². The average Bonchev–Trinajstić information content (AvgIpc) is 2.48. The van der Waals surface area contributed by atoms with Gasteiger partial charge in [-0.15, -0.1) is 0 Å². The zero-order valence-corrected chi connectivity index (χ0v) is 12.4. The summed E-state index contributed by atoms with van der Waals surface area (Å²) in [5.41, 5.74) is 0.424. The van der Waals surface area contributed by atoms with E-state index in [1.807, 2.05) is 6.07 Å². The molecule has 0 unspecified atom stereocenters. The van der Waals surface area contributed by atoms with Crippen molar-refractivity contribution in [1.29, 1.82) is 5.26 Å². The summed E-state index contributed by atoms with van der Waals surface area (Å²) in [5.74, 6) is 0.428. The Morgan fingerprint density at radius 2 is 2.29 bits per heavy atom. The van der Waals surface area contributed by atoms with E-state index < -0.39 is 4.92 Å². The first-order valence-corrected chi connectivity index (χ1v) is 6.50. The van der Waals surface area contributed by atoms with Gasteiger partial charge in [0.2, 0.25) is 5.82 Å². The second-order valence-corrected chi connectivity index (χ2v) is 4.81. The molecule has 1 N–H and O–H groups in total. The number of nitriles is 1. The van der Waals surface area contributed by atoms with Gasteiger partial charge in [-0.2, -0.15) is 5.26 Å². The number of pyridine rings is 1. The van der Waals surface area contributed by atoms with Crippen LogP contribution in [0, 0.1) is 21.4 Å². The lowest BCUT2D eigenvalue weighted by atomic mass is 10.1. The van der Waals surface area contributed by atoms with Gasteiger partial charge in [-0.1, -0.05) is 6.07 Å². The molecule has 0 atom stereocenters. The third-order valence-electron chi connectivity index (χ3n) is 2.64. The summed E-state index contributed by atoms with van der Waals surface area (Å²) < 4.78 is 5.65. The Labute approximate surface area is 128 Å². The third kappa shape index (κ3) is 3.09. The van der Waals surface area contributed by atoms with Gasteiger partial charge in [-0.3, -0.25) is 10.1 Å². The van der Waals surface area contributed by atoms with Crippen molar-refractivity contribution in [2.75, 3.05) is 12.4 Å². The normalized spacial score (nSPS) is 9.76. The van der Waals surface area contributed by atoms with E-state index in [1.165, 1.54) is 19.4 Å². The van der Waals surface area contributed by atoms with Crippen LogP contribution in [0.4, 0.5) is 17.2 Å². The van der Waals surface area contributed by atoms with Crippen molar-refractivity contribution in [3.8, 4) is 11.8 Å². The number of hydrogen-bond donors (Lipinski definition) is 1. The van der Waals surface area contributed by atoms with Crippen LogP contribution in [0.15, 0.2) is 34.9 Å². The van der Waals surface area contributed by atoms with Gasteiger partial charge >= 0.3 is 5.69 Å². The van der Waals surface area contributed by atoms with Crippen molar-refractivity contribution < 1.29 is 9.66 Å². The lowest BCUT2D eigenvalue weighted by molar-refractivity contribution is -0.384. The summed E-state index contributed by atoms with van der Waals surface area (Å²) in [5, 5.41) is 23.0. The number of nitro groups is 1. The minimum Gasteiger partial charge on any atom is -0.495 e. The van der Waals surface area contributed by atoms with Gasteiger partial charge in [0, 0.05) is 16.7 Å². The van der Waals surface area contributed by atoms with Gasteiger partial charge in [0.1, 0.15) is 17.5 Å². The van der Waals surface area contributed by atoms with Crippen LogP contribution in [-0.2, 0) is 0 Å². The van der Waals surface area contributed by atoms with Crippen LogP contribution >= 0.6 is 15.9 Å². The van der Waals surface area contributed by atoms with Crippen LogP contribution in [0.5, 0.6) is 5.75 Å². The van der Waals surface area contributed by atoms with E-state index >= 15 is 0 Å². The smallest absolute Gasteiger partial charge is 0.312 e. The molecule has 0 fully saturated rings. The number of nitrogens with one attached hydrogen (secondary N) is 1. The van der Waals surface area contributed by atoms with Crippen molar-refractivity contribution in [3.63, 3.8) is 0 Å². The predicted molar refractivity (Wildman–Crippen MR) is 79.6 cm³/mol. The second-order valence-electron chi connectivity index (χ2n) is 3.90. The molecule has 0 bridgehead atoms. The van der Waals surface area contributed by atoms with Crippen molar-refractivity contribution in [2.45, 2.75) is 0 Å². The Morgan fingerprint density at radius 3 is 2.90 bits per heavy atom. The molecule has 106 valence electrons. The summed E-state index contributed by atoms with van der Waals surface area (Å²) in [7, 11) is 1.45. The van der Waals surface area contributed by atoms with Crippen LogP contribution in [0.25, 0.3) is 0 Å². The average molecular weight is 349 g/mol. The molecule has 0 amide bonds. The van der Waals surface area contributed by atoms with Crippen molar-refractivity contribution in [1.82, 2.24) is 4.98 Å². The Balaban J connectivity index is 2.53. The van der Waals surface area contributed by atoms with Crippen LogP contribution < -0.4 is 10.1 Å². The molecular formula is C13H9BrN4O3. The first-order valence-electron chi connectivity index (χ1n) is 5.71. The zero-order chi connectivity index (χ0) is 15.4. The first kappa shape index (κ1) is 14.7. The number of nitrogens with zero attached hydrogens (tertiary/aromatic N) is 3. The molecule has 2 rings (SSSR count). The minimum absolute atomic E-state index is 0.0317. The van der Waals surface area contributed by atoms with Crippen LogP contribution in [0.1, 0.15) is 5.56 Å². The molecule has 1 heterocycles. The molecule has 2 aromatic rings. The molecule has 21 heavy (non-hydrogen) atoms. The van der Waals surface area contributed by atoms with E-state index in [0.29, 0.717) is 21.5 Å². The SMILES string of the molecule is COc1cccc(C#N)c1Nc1ncc(Br)cc1[N+](=O)[O-]. The van der Waals surface area contributed by atoms with E-state index in [-0.39, 0.29) is 11.5 Å². The molecular weight excluding hydrogens is 340 g/mol. The van der Waals surface area contributed by atoms with Crippen molar-refractivity contribution in [2.24, 2.45) is 0 Å². The standard InChI is InChI=1S/C13H9BrN4O3/c1-21-11-4-2-3-8(6-15)12(11)17-13-10(18(19)20)5-9(14)7-16-13/h2-5,7H,1H3,(H,16,17). The number of halogens is 1. The van der Waals surface area contributed by atoms with Crippen molar-refractivity contribution in [3.05, 3.63) is 50.6 Å². The molecule has 7 nitrogen and oxygen atoms in total. The quantitative estimate of drug-likeness (QED) is 0.671. The van der Waals surface area contributed by atoms with Gasteiger partial charge in [-0.05, 0) is 28.1 Å². The molecule has 1 aromatic heterocycles. The highest BCUT2D eigenvalue weighted by molar-refractivity contribution is 9.10. The van der Waals surface area contributed by atoms with E-state index in [4.69, 9.17) is 10.00 Å². The number of hydrogen-bond acceptors (Lipinski definition) is 6. The summed E-state index contributed by atoms with van der Waals surface area (Å²) in [4.78, 5) is 14.5. The number of ether oxygens (including phenoxy) is 1. The molecule has 8 heteroatoms. The van der Waals surface area contributed by atoms with Gasteiger partial charge < -0.3 is 10.1 Å². The second kappa shape index (κ2) is 6.19. The molecule has 0 spiro atoms. The fraction of sp³-hybridized carbons (Fsp3) is 0.0769. The van der Waals surface area contributed by atoms with Crippen LogP contribution in [-0.4, -0.2) is 17.0 Å². The van der Waals surface area contributed by atoms with Crippen LogP contribution in [0.3, 0.4) is 0 Å². The van der Waals surface area contributed by atoms with Gasteiger partial charge in [-0.25, -0.2) is 4.98 Å². The highest BCUT2D eigenvalue weighted by atomic mass is 79.9. The third-order valence-corrected chi connectivity index (χ3v) is 3.07. The highest BCUT2D eigenvalue weighted by Crippen LogP contribution is 2.34. The number of anilines is 2. The first-order chi connectivity index (χ1) is 10.1. The molecule has 0 saturated heterocycles. The molecule has 0 saturated carbocycles. The van der Waals surface area contributed by atoms with Crippen LogP contribution in [0.2, 0.25) is 0 Å². The van der Waals surface area contributed by atoms with E-state index in [9.17, 15) is 10.1 Å². The Morgan fingerprint density at radius 1 is 1.52 bits per heavy atom. The van der Waals surface area contributed by atoms with Gasteiger partial charge in [0.15, 0.2) is 0 Å². The van der Waals surface area contributed by atoms with Gasteiger partial charge in [0.25, 0.3) is 0 Å². The monoisotopic (exact) mass is 348 g/mol. The minimum atomic E-state index is -0.554. The fourth-order valence-corrected chi connectivity index (χ4v) is 2.03. The molecule has 0 radical (unpaired) electrons. The number of methoxy groups -OCH3 is 1. The largest absolute Gasteiger partial charge is 0.495 e. The Bertz CT molecular complexity index is 743. The fourth-order valence-electron chi connectivity index (χ4n) is 1.71. The predicted octanol–water partition coefficient (Wildman–Crippen LogP) is 3.38. The number of aromatic nitrogens is 1. The molecule has 0 aliphatic heterocycles. The van der Waals surface area contributed by atoms with E-state index in [1.54, 1.807) is 18.2 Å². The lowest BCUT2D eigenvalue weighted by Gasteiger charge is -2.12. The summed E-state index contributed by atoms with van der Waals surface area (Å²) in [6.07, 6.45) is 1.43. The van der Waals surface area contributed by atoms with E-state index in [2.05, 4.69) is 26.2 Å². The maximum absolute atomic E-state index is 11.1. The number of rotatable bonds is 4. The lowest BCUT2D eigenvalue weighted by Crippen LogP contribution is -2.02. The maximum atomic E-state index is 11.1. The van der Waals surface area contributed by atoms with Gasteiger partial charge in [0.05, 0.1) is 17.6 Å². The number of para-hydroxylation sites is 1.